The Balaban J connectivity index is 2.35. The van der Waals surface area contributed by atoms with Crippen LogP contribution in [0.5, 0.6) is 0 Å². The van der Waals surface area contributed by atoms with Crippen LogP contribution >= 0.6 is 0 Å². The molecule has 0 aliphatic rings. The molecule has 0 aliphatic heterocycles. The predicted octanol–water partition coefficient (Wildman–Crippen LogP) is 0.856. The van der Waals surface area contributed by atoms with Crippen LogP contribution in [0.3, 0.4) is 0 Å². The average molecular weight is 233 g/mol. The summed E-state index contributed by atoms with van der Waals surface area (Å²) in [6.07, 6.45) is 3.60. The maximum atomic E-state index is 5.40. The van der Waals surface area contributed by atoms with Gasteiger partial charge in [0.15, 0.2) is 0 Å². The molecule has 0 atom stereocenters. The number of hydrazine groups is 1. The van der Waals surface area contributed by atoms with Crippen LogP contribution < -0.4 is 16.6 Å². The van der Waals surface area contributed by atoms with E-state index in [2.05, 4.69) is 25.8 Å². The highest BCUT2D eigenvalue weighted by atomic mass is 15.3. The minimum absolute atomic E-state index is 0.615. The highest BCUT2D eigenvalue weighted by molar-refractivity contribution is 5.63. The lowest BCUT2D eigenvalue weighted by Crippen LogP contribution is -2.13. The Bertz CT molecular complexity index is 531. The van der Waals surface area contributed by atoms with Crippen LogP contribution in [-0.2, 0) is 7.05 Å². The average Bonchev–Trinajstić information content (AvgIpc) is 2.69. The number of aryl methyl sites for hydroxylation is 2. The Morgan fingerprint density at radius 2 is 1.94 bits per heavy atom. The molecule has 7 heteroatoms. The third-order valence-electron chi connectivity index (χ3n) is 2.36. The Hall–Kier alpha value is -2.15. The standard InChI is InChI=1S/C10H15N7/c1-6-9(13-7(2)14-10(6)16-11)15-8-4-12-17(3)5-8/h4-5H,11H2,1-3H3,(H2,13,14,15,16). The number of rotatable bonds is 3. The Labute approximate surface area is 99.0 Å². The van der Waals surface area contributed by atoms with Gasteiger partial charge in [-0.2, -0.15) is 5.10 Å². The third kappa shape index (κ3) is 2.34. The molecule has 0 spiro atoms. The molecule has 0 amide bonds. The molecule has 2 heterocycles. The van der Waals surface area contributed by atoms with E-state index in [1.807, 2.05) is 27.1 Å². The van der Waals surface area contributed by atoms with Crippen LogP contribution in [0.15, 0.2) is 12.4 Å². The van der Waals surface area contributed by atoms with Crippen molar-refractivity contribution in [3.63, 3.8) is 0 Å². The Morgan fingerprint density at radius 3 is 2.53 bits per heavy atom. The minimum Gasteiger partial charge on any atom is -0.337 e. The topological polar surface area (TPSA) is 93.7 Å². The van der Waals surface area contributed by atoms with Crippen molar-refractivity contribution in [2.75, 3.05) is 10.7 Å². The van der Waals surface area contributed by atoms with Crippen molar-refractivity contribution in [3.05, 3.63) is 23.8 Å². The molecule has 4 N–H and O–H groups in total. The van der Waals surface area contributed by atoms with Crippen LogP contribution in [0.4, 0.5) is 17.3 Å². The van der Waals surface area contributed by atoms with Crippen molar-refractivity contribution >= 4 is 17.3 Å². The van der Waals surface area contributed by atoms with E-state index in [1.165, 1.54) is 0 Å². The van der Waals surface area contributed by atoms with Crippen molar-refractivity contribution in [1.29, 1.82) is 0 Å². The molecule has 0 fully saturated rings. The zero-order valence-electron chi connectivity index (χ0n) is 10.0. The molecule has 17 heavy (non-hydrogen) atoms. The van der Waals surface area contributed by atoms with Gasteiger partial charge in [0, 0.05) is 18.8 Å². The van der Waals surface area contributed by atoms with E-state index in [4.69, 9.17) is 5.84 Å². The largest absolute Gasteiger partial charge is 0.337 e. The minimum atomic E-state index is 0.615. The zero-order chi connectivity index (χ0) is 12.4. The Morgan fingerprint density at radius 1 is 1.24 bits per heavy atom. The number of nitrogens with two attached hydrogens (primary N) is 1. The van der Waals surface area contributed by atoms with Gasteiger partial charge in [-0.1, -0.05) is 0 Å². The molecule has 0 saturated carbocycles. The summed E-state index contributed by atoms with van der Waals surface area (Å²) in [6, 6.07) is 0. The van der Waals surface area contributed by atoms with Crippen LogP contribution in [0.25, 0.3) is 0 Å². The number of nitrogen functional groups attached to an aromatic ring is 1. The fourth-order valence-corrected chi connectivity index (χ4v) is 1.51. The van der Waals surface area contributed by atoms with E-state index in [-0.39, 0.29) is 0 Å². The van der Waals surface area contributed by atoms with Gasteiger partial charge in [0.05, 0.1) is 11.9 Å². The van der Waals surface area contributed by atoms with Gasteiger partial charge < -0.3 is 10.7 Å². The fourth-order valence-electron chi connectivity index (χ4n) is 1.51. The summed E-state index contributed by atoms with van der Waals surface area (Å²) < 4.78 is 1.72. The highest BCUT2D eigenvalue weighted by Crippen LogP contribution is 2.22. The van der Waals surface area contributed by atoms with Gasteiger partial charge in [-0.05, 0) is 13.8 Å². The van der Waals surface area contributed by atoms with E-state index in [0.29, 0.717) is 11.6 Å². The fraction of sp³-hybridized carbons (Fsp3) is 0.300. The first-order valence-corrected chi connectivity index (χ1v) is 5.17. The molecular formula is C10H15N7. The lowest BCUT2D eigenvalue weighted by molar-refractivity contribution is 0.768. The lowest BCUT2D eigenvalue weighted by atomic mass is 10.3. The summed E-state index contributed by atoms with van der Waals surface area (Å²) in [4.78, 5) is 8.52. The van der Waals surface area contributed by atoms with Crippen molar-refractivity contribution in [2.45, 2.75) is 13.8 Å². The molecule has 0 aliphatic carbocycles. The summed E-state index contributed by atoms with van der Waals surface area (Å²) in [5, 5.41) is 7.26. The smallest absolute Gasteiger partial charge is 0.148 e. The van der Waals surface area contributed by atoms with Gasteiger partial charge in [0.1, 0.15) is 17.5 Å². The van der Waals surface area contributed by atoms with Crippen LogP contribution in [0.2, 0.25) is 0 Å². The monoisotopic (exact) mass is 233 g/mol. The number of aromatic nitrogens is 4. The number of hydrogen-bond donors (Lipinski definition) is 3. The van der Waals surface area contributed by atoms with Crippen molar-refractivity contribution < 1.29 is 0 Å². The van der Waals surface area contributed by atoms with E-state index >= 15 is 0 Å². The molecule has 90 valence electrons. The quantitative estimate of drug-likeness (QED) is 0.537. The van der Waals surface area contributed by atoms with E-state index < -0.39 is 0 Å². The molecule has 0 radical (unpaired) electrons. The number of nitrogens with zero attached hydrogens (tertiary/aromatic N) is 4. The summed E-state index contributed by atoms with van der Waals surface area (Å²) in [6.45, 7) is 3.71. The molecule has 0 aromatic carbocycles. The zero-order valence-corrected chi connectivity index (χ0v) is 10.0. The van der Waals surface area contributed by atoms with Crippen molar-refractivity contribution in [2.24, 2.45) is 12.9 Å². The summed E-state index contributed by atoms with van der Waals surface area (Å²) in [7, 11) is 1.86. The van der Waals surface area contributed by atoms with Crippen LogP contribution in [0, 0.1) is 13.8 Å². The van der Waals surface area contributed by atoms with Crippen molar-refractivity contribution in [1.82, 2.24) is 19.7 Å². The summed E-state index contributed by atoms with van der Waals surface area (Å²) in [5.74, 6) is 7.39. The summed E-state index contributed by atoms with van der Waals surface area (Å²) in [5.41, 5.74) is 4.29. The second-order valence-electron chi connectivity index (χ2n) is 3.77. The first-order valence-electron chi connectivity index (χ1n) is 5.17. The molecule has 0 saturated heterocycles. The molecule has 2 aromatic rings. The Kier molecular flexibility index (Phi) is 2.92. The molecule has 0 unspecified atom stereocenters. The second-order valence-corrected chi connectivity index (χ2v) is 3.77. The van der Waals surface area contributed by atoms with Gasteiger partial charge in [-0.3, -0.25) is 4.68 Å². The molecule has 7 nitrogen and oxygen atoms in total. The van der Waals surface area contributed by atoms with Crippen LogP contribution in [-0.4, -0.2) is 19.7 Å². The first-order chi connectivity index (χ1) is 8.10. The molecule has 0 bridgehead atoms. The maximum absolute atomic E-state index is 5.40. The van der Waals surface area contributed by atoms with Gasteiger partial charge in [0.2, 0.25) is 0 Å². The van der Waals surface area contributed by atoms with Crippen LogP contribution in [0.1, 0.15) is 11.4 Å². The van der Waals surface area contributed by atoms with Crippen molar-refractivity contribution in [3.8, 4) is 0 Å². The molecule has 2 rings (SSSR count). The van der Waals surface area contributed by atoms with E-state index in [0.717, 1.165) is 17.1 Å². The highest BCUT2D eigenvalue weighted by Gasteiger charge is 2.08. The number of anilines is 3. The maximum Gasteiger partial charge on any atom is 0.148 e. The SMILES string of the molecule is Cc1nc(NN)c(C)c(Nc2cnn(C)c2)n1. The third-order valence-corrected chi connectivity index (χ3v) is 2.36. The molecular weight excluding hydrogens is 218 g/mol. The van der Waals surface area contributed by atoms with Gasteiger partial charge in [0.25, 0.3) is 0 Å². The van der Waals surface area contributed by atoms with E-state index in [1.54, 1.807) is 10.9 Å². The summed E-state index contributed by atoms with van der Waals surface area (Å²) >= 11 is 0. The number of hydrogen-bond acceptors (Lipinski definition) is 6. The lowest BCUT2D eigenvalue weighted by Gasteiger charge is -2.11. The first kappa shape index (κ1) is 11.3. The molecule has 2 aromatic heterocycles. The van der Waals surface area contributed by atoms with Gasteiger partial charge in [-0.15, -0.1) is 0 Å². The normalized spacial score (nSPS) is 10.4. The second kappa shape index (κ2) is 4.38. The van der Waals surface area contributed by atoms with Gasteiger partial charge in [-0.25, -0.2) is 15.8 Å². The van der Waals surface area contributed by atoms with E-state index in [9.17, 15) is 0 Å². The predicted molar refractivity (Wildman–Crippen MR) is 65.8 cm³/mol. The van der Waals surface area contributed by atoms with Gasteiger partial charge >= 0.3 is 0 Å². The number of nitrogens with one attached hydrogen (secondary N) is 2.